The zero-order chi connectivity index (χ0) is 51.8. The molecule has 17 heteroatoms. The number of carboxylic acid groups (broad SMARTS) is 1. The largest absolute Gasteiger partial charge is 0.481 e. The molecule has 2 aromatic heterocycles. The maximum absolute atomic E-state index is 14.4. The lowest BCUT2D eigenvalue weighted by molar-refractivity contribution is -0.136. The number of pyridine rings is 2. The van der Waals surface area contributed by atoms with Crippen LogP contribution in [-0.4, -0.2) is 54.0 Å². The van der Waals surface area contributed by atoms with Crippen LogP contribution in [-0.2, 0) is 53.7 Å². The van der Waals surface area contributed by atoms with Crippen LogP contribution in [0.5, 0.6) is 0 Å². The average Bonchev–Trinajstić information content (AvgIpc) is 3.24. The number of aliphatic carboxylic acids is 1. The predicted molar refractivity (Wildman–Crippen MR) is 262 cm³/mol. The first kappa shape index (κ1) is 55.4. The van der Waals surface area contributed by atoms with E-state index in [2.05, 4.69) is 14.7 Å². The van der Waals surface area contributed by atoms with E-state index in [-0.39, 0.29) is 40.3 Å². The number of nitrogens with two attached hydrogens (primary N) is 1. The van der Waals surface area contributed by atoms with Crippen molar-refractivity contribution in [2.75, 3.05) is 0 Å². The van der Waals surface area contributed by atoms with Gasteiger partial charge >= 0.3 is 5.97 Å². The highest BCUT2D eigenvalue weighted by Crippen LogP contribution is 2.34. The van der Waals surface area contributed by atoms with Crippen molar-refractivity contribution in [3.63, 3.8) is 0 Å². The summed E-state index contributed by atoms with van der Waals surface area (Å²) in [4.78, 5) is 32.2. The molecule has 6 aromatic rings. The topological polar surface area (TPSA) is 227 Å². The van der Waals surface area contributed by atoms with E-state index in [1.54, 1.807) is 109 Å². The highest BCUT2D eigenvalue weighted by atomic mass is 32.2. The quantitative estimate of drug-likeness (QED) is 0.0733. The number of sulfonamides is 2. The van der Waals surface area contributed by atoms with E-state index in [0.29, 0.717) is 55.6 Å². The molecule has 368 valence electrons. The molecule has 0 unspecified atom stereocenters. The first-order valence-corrected chi connectivity index (χ1v) is 24.9. The molecule has 0 saturated carbocycles. The van der Waals surface area contributed by atoms with E-state index in [0.717, 1.165) is 11.1 Å². The van der Waals surface area contributed by atoms with Gasteiger partial charge in [0, 0.05) is 35.9 Å². The van der Waals surface area contributed by atoms with Gasteiger partial charge in [-0.1, -0.05) is 64.1 Å². The number of amides is 1. The maximum Gasteiger partial charge on any atom is 0.307 e. The molecule has 0 radical (unpaired) electrons. The molecule has 0 fully saturated rings. The average molecular weight is 987 g/mol. The van der Waals surface area contributed by atoms with Gasteiger partial charge in [-0.05, 0) is 158 Å². The fourth-order valence-electron chi connectivity index (χ4n) is 7.53. The van der Waals surface area contributed by atoms with Crippen LogP contribution in [0.15, 0.2) is 120 Å². The molecule has 6 rings (SSSR count). The number of primary sulfonamides is 1. The van der Waals surface area contributed by atoms with Gasteiger partial charge in [-0.25, -0.2) is 35.5 Å². The van der Waals surface area contributed by atoms with Crippen molar-refractivity contribution in [1.82, 2.24) is 14.7 Å². The minimum atomic E-state index is -4.16. The van der Waals surface area contributed by atoms with Crippen LogP contribution in [0, 0.1) is 25.5 Å². The standard InChI is InChI=1S/C26H29FN2O4S.C16H16FNO2.C10H15NO3S/c1-16(2)21-12-20(27)13-22(18-7-6-10-28-15-18)23(21)14-25(30)29-34(32,33)24-9-8-19(11-17(24)3)26(4,5)31;1-10(2)13-6-12(17)7-14(15(13)8-16(19)20)11-4-3-5-18-9-11;1-7-6-8(10(2,3)12)4-5-9(7)15(11,13)14/h6-13,15-16,31H,14H2,1-5H3,(H,29,30);3-7,9-10H,8H2,1-2H3,(H,19,20);4-6,12H,1-3H3,(H2,11,13,14). The molecule has 1 amide bonds. The number of aromatic nitrogens is 2. The highest BCUT2D eigenvalue weighted by Gasteiger charge is 2.26. The molecule has 0 bridgehead atoms. The third-order valence-electron chi connectivity index (χ3n) is 11.0. The first-order valence-electron chi connectivity index (χ1n) is 21.8. The van der Waals surface area contributed by atoms with Gasteiger partial charge in [0.15, 0.2) is 0 Å². The van der Waals surface area contributed by atoms with Crippen molar-refractivity contribution in [3.8, 4) is 22.3 Å². The van der Waals surface area contributed by atoms with Crippen LogP contribution in [0.25, 0.3) is 22.3 Å². The highest BCUT2D eigenvalue weighted by molar-refractivity contribution is 7.90. The Bertz CT molecular complexity index is 3030. The van der Waals surface area contributed by atoms with Gasteiger partial charge in [-0.2, -0.15) is 0 Å². The number of carbonyl (C=O) groups is 2. The number of carboxylic acids is 1. The van der Waals surface area contributed by atoms with Gasteiger partial charge in [0.2, 0.25) is 15.9 Å². The summed E-state index contributed by atoms with van der Waals surface area (Å²) >= 11 is 0. The van der Waals surface area contributed by atoms with Crippen molar-refractivity contribution in [2.24, 2.45) is 5.14 Å². The fourth-order valence-corrected chi connectivity index (χ4v) is 9.51. The number of hydrogen-bond donors (Lipinski definition) is 5. The molecule has 0 aliphatic rings. The van der Waals surface area contributed by atoms with Gasteiger partial charge in [0.25, 0.3) is 10.0 Å². The number of hydrogen-bond acceptors (Lipinski definition) is 10. The Hall–Kier alpha value is -6.24. The zero-order valence-electron chi connectivity index (χ0n) is 40.3. The summed E-state index contributed by atoms with van der Waals surface area (Å²) < 4.78 is 78.6. The van der Waals surface area contributed by atoms with E-state index >= 15 is 0 Å². The summed E-state index contributed by atoms with van der Waals surface area (Å²) in [7, 11) is -7.84. The minimum Gasteiger partial charge on any atom is -0.481 e. The SMILES string of the molecule is CC(C)c1cc(F)cc(-c2cccnc2)c1CC(=O)O.Cc1cc(C(C)(C)O)ccc1S(=O)(=O)NC(=O)Cc1c(-c2cccnc2)cc(F)cc1C(C)C.Cc1cc(C(C)(C)O)ccc1S(N)(=O)=O. The molecular weight excluding hydrogens is 927 g/mol. The molecule has 4 aromatic carbocycles. The third kappa shape index (κ3) is 15.1. The van der Waals surface area contributed by atoms with Crippen molar-refractivity contribution in [2.45, 2.75) is 115 Å². The molecule has 6 N–H and O–H groups in total. The van der Waals surface area contributed by atoms with Crippen LogP contribution in [0.4, 0.5) is 8.78 Å². The number of nitrogens with one attached hydrogen (secondary N) is 1. The minimum absolute atomic E-state index is 0.0514. The van der Waals surface area contributed by atoms with Crippen molar-refractivity contribution in [3.05, 3.63) is 166 Å². The normalized spacial score (nSPS) is 11.9. The van der Waals surface area contributed by atoms with Crippen LogP contribution in [0.2, 0.25) is 0 Å². The Labute approximate surface area is 403 Å². The number of rotatable bonds is 13. The molecule has 0 aliphatic carbocycles. The van der Waals surface area contributed by atoms with Crippen LogP contribution < -0.4 is 9.86 Å². The molecule has 2 heterocycles. The van der Waals surface area contributed by atoms with Crippen molar-refractivity contribution in [1.29, 1.82) is 0 Å². The Balaban J connectivity index is 0.000000250. The summed E-state index contributed by atoms with van der Waals surface area (Å²) in [5, 5.41) is 34.0. The van der Waals surface area contributed by atoms with E-state index in [9.17, 15) is 45.4 Å². The third-order valence-corrected chi connectivity index (χ3v) is 13.6. The molecule has 0 atom stereocenters. The molecule has 13 nitrogen and oxygen atoms in total. The Morgan fingerprint density at radius 1 is 0.652 bits per heavy atom. The lowest BCUT2D eigenvalue weighted by Crippen LogP contribution is -2.33. The molecule has 0 spiro atoms. The smallest absolute Gasteiger partial charge is 0.307 e. The number of benzene rings is 4. The van der Waals surface area contributed by atoms with E-state index in [4.69, 9.17) is 10.2 Å². The lowest BCUT2D eigenvalue weighted by atomic mass is 9.88. The lowest BCUT2D eigenvalue weighted by Gasteiger charge is -2.20. The van der Waals surface area contributed by atoms with Gasteiger partial charge in [-0.15, -0.1) is 0 Å². The molecular formula is C52H60F2N4O9S2. The number of carbonyl (C=O) groups excluding carboxylic acids is 1. The number of halogens is 2. The molecule has 0 aliphatic heterocycles. The number of nitrogens with zero attached hydrogens (tertiary/aromatic N) is 2. The van der Waals surface area contributed by atoms with E-state index in [1.165, 1.54) is 42.5 Å². The fraction of sp³-hybridized carbons (Fsp3) is 0.308. The second-order valence-electron chi connectivity index (χ2n) is 18.2. The Kier molecular flexibility index (Phi) is 18.0. The van der Waals surface area contributed by atoms with Gasteiger partial charge < -0.3 is 15.3 Å². The maximum atomic E-state index is 14.4. The Morgan fingerprint density at radius 3 is 1.39 bits per heavy atom. The second kappa shape index (κ2) is 22.5. The zero-order valence-corrected chi connectivity index (χ0v) is 41.9. The van der Waals surface area contributed by atoms with Crippen molar-refractivity contribution < 1.29 is 50.5 Å². The summed E-state index contributed by atoms with van der Waals surface area (Å²) in [6.45, 7) is 17.3. The monoisotopic (exact) mass is 986 g/mol. The number of aliphatic hydroxyl groups is 2. The summed E-state index contributed by atoms with van der Waals surface area (Å²) in [6, 6.07) is 21.6. The van der Waals surface area contributed by atoms with E-state index < -0.39 is 48.9 Å². The summed E-state index contributed by atoms with van der Waals surface area (Å²) in [5.74, 6) is -2.51. The summed E-state index contributed by atoms with van der Waals surface area (Å²) in [6.07, 6.45) is 6.03. The summed E-state index contributed by atoms with van der Waals surface area (Å²) in [5.41, 5.74) is 5.05. The van der Waals surface area contributed by atoms with Gasteiger partial charge in [0.05, 0.1) is 33.8 Å². The van der Waals surface area contributed by atoms with Crippen LogP contribution in [0.3, 0.4) is 0 Å². The second-order valence-corrected chi connectivity index (χ2v) is 21.4. The van der Waals surface area contributed by atoms with Crippen LogP contribution >= 0.6 is 0 Å². The predicted octanol–water partition coefficient (Wildman–Crippen LogP) is 9.10. The number of aryl methyl sites for hydroxylation is 2. The van der Waals surface area contributed by atoms with Gasteiger partial charge in [-0.3, -0.25) is 19.6 Å². The molecule has 69 heavy (non-hydrogen) atoms. The van der Waals surface area contributed by atoms with Crippen LogP contribution in [0.1, 0.15) is 112 Å². The van der Waals surface area contributed by atoms with Gasteiger partial charge in [0.1, 0.15) is 11.6 Å². The van der Waals surface area contributed by atoms with Crippen molar-refractivity contribution >= 4 is 31.9 Å². The van der Waals surface area contributed by atoms with E-state index in [1.807, 2.05) is 27.7 Å². The first-order chi connectivity index (χ1) is 31.9. The molecule has 0 saturated heterocycles. The Morgan fingerprint density at radius 2 is 1.06 bits per heavy atom.